The molecule has 0 atom stereocenters. The van der Waals surface area contributed by atoms with E-state index in [0.717, 1.165) is 0 Å². The molecule has 70 valence electrons. The molecule has 1 aromatic rings. The van der Waals surface area contributed by atoms with E-state index in [1.807, 2.05) is 6.07 Å². The molecule has 3 nitrogen and oxygen atoms in total. The zero-order chi connectivity index (χ0) is 10.7. The molecule has 0 bridgehead atoms. The molecule has 0 aromatic heterocycles. The van der Waals surface area contributed by atoms with Gasteiger partial charge in [0, 0.05) is 15.6 Å². The van der Waals surface area contributed by atoms with Crippen molar-refractivity contribution in [2.24, 2.45) is 0 Å². The Morgan fingerprint density at radius 3 is 2.64 bits per heavy atom. The lowest BCUT2D eigenvalue weighted by atomic mass is 10.0. The fourth-order valence-corrected chi connectivity index (χ4v) is 1.53. The minimum Gasteiger partial charge on any atom is -0.298 e. The Hall–Kier alpha value is -1.47. The highest BCUT2D eigenvalue weighted by Gasteiger charge is 2.10. The number of nitrogens with zero attached hydrogens (tertiary/aromatic N) is 1. The Bertz CT molecular complexity index is 446. The van der Waals surface area contributed by atoms with E-state index in [0.29, 0.717) is 21.9 Å². The Morgan fingerprint density at radius 2 is 2.21 bits per heavy atom. The summed E-state index contributed by atoms with van der Waals surface area (Å²) in [6.45, 7) is 1.36. The van der Waals surface area contributed by atoms with Crippen molar-refractivity contribution in [2.45, 2.75) is 6.92 Å². The Morgan fingerprint density at radius 1 is 1.57 bits per heavy atom. The molecule has 0 saturated carbocycles. The second-order valence-electron chi connectivity index (χ2n) is 2.71. The molecule has 1 rings (SSSR count). The topological polar surface area (TPSA) is 57.9 Å². The van der Waals surface area contributed by atoms with Crippen LogP contribution in [0, 0.1) is 11.3 Å². The van der Waals surface area contributed by atoms with Gasteiger partial charge in [0.1, 0.15) is 6.07 Å². The first-order valence-corrected chi connectivity index (χ1v) is 4.59. The van der Waals surface area contributed by atoms with Gasteiger partial charge < -0.3 is 0 Å². The quantitative estimate of drug-likeness (QED) is 0.599. The zero-order valence-electron chi connectivity index (χ0n) is 7.37. The number of Topliss-reactive ketones (excluding diaryl/α,β-unsaturated/α-hetero) is 1. The second-order valence-corrected chi connectivity index (χ2v) is 3.56. The van der Waals surface area contributed by atoms with E-state index in [4.69, 9.17) is 5.26 Å². The fourth-order valence-electron chi connectivity index (χ4n) is 1.08. The van der Waals surface area contributed by atoms with Crippen LogP contribution in [-0.4, -0.2) is 12.1 Å². The standard InChI is InChI=1S/C10H6BrNO2/c1-6(14)9-2-7(4-12)10(11)3-8(9)5-13/h2-3,5H,1H3. The minimum absolute atomic E-state index is 0.226. The average Bonchev–Trinajstić information content (AvgIpc) is 2.16. The van der Waals surface area contributed by atoms with Crippen molar-refractivity contribution in [3.05, 3.63) is 33.3 Å². The molecule has 0 spiro atoms. The van der Waals surface area contributed by atoms with E-state index in [2.05, 4.69) is 15.9 Å². The molecule has 0 unspecified atom stereocenters. The average molecular weight is 252 g/mol. The molecular formula is C10H6BrNO2. The lowest BCUT2D eigenvalue weighted by Crippen LogP contribution is -2.00. The van der Waals surface area contributed by atoms with Gasteiger partial charge in [-0.05, 0) is 35.0 Å². The summed E-state index contributed by atoms with van der Waals surface area (Å²) in [5.41, 5.74) is 0.920. The third-order valence-electron chi connectivity index (χ3n) is 1.77. The summed E-state index contributed by atoms with van der Waals surface area (Å²) >= 11 is 3.14. The van der Waals surface area contributed by atoms with E-state index in [1.54, 1.807) is 0 Å². The third kappa shape index (κ3) is 1.88. The summed E-state index contributed by atoms with van der Waals surface area (Å²) in [4.78, 5) is 21.7. The van der Waals surface area contributed by atoms with Crippen molar-refractivity contribution in [1.29, 1.82) is 5.26 Å². The van der Waals surface area contributed by atoms with Crippen molar-refractivity contribution in [3.63, 3.8) is 0 Å². The van der Waals surface area contributed by atoms with Crippen LogP contribution in [0.15, 0.2) is 16.6 Å². The molecule has 0 aliphatic rings. The van der Waals surface area contributed by atoms with Gasteiger partial charge in [0.05, 0.1) is 5.56 Å². The van der Waals surface area contributed by atoms with Crippen LogP contribution in [0.25, 0.3) is 0 Å². The van der Waals surface area contributed by atoms with Gasteiger partial charge in [-0.3, -0.25) is 9.59 Å². The molecule has 0 radical (unpaired) electrons. The van der Waals surface area contributed by atoms with Crippen LogP contribution < -0.4 is 0 Å². The molecule has 0 N–H and O–H groups in total. The highest BCUT2D eigenvalue weighted by molar-refractivity contribution is 9.10. The van der Waals surface area contributed by atoms with E-state index in [-0.39, 0.29) is 11.3 Å². The number of ketones is 1. The van der Waals surface area contributed by atoms with Gasteiger partial charge in [-0.15, -0.1) is 0 Å². The van der Waals surface area contributed by atoms with Crippen LogP contribution in [-0.2, 0) is 0 Å². The number of halogens is 1. The van der Waals surface area contributed by atoms with Crippen LogP contribution in [0.3, 0.4) is 0 Å². The van der Waals surface area contributed by atoms with Gasteiger partial charge in [0.25, 0.3) is 0 Å². The van der Waals surface area contributed by atoms with Gasteiger partial charge >= 0.3 is 0 Å². The molecule has 0 aliphatic heterocycles. The maximum Gasteiger partial charge on any atom is 0.160 e. The first kappa shape index (κ1) is 10.6. The van der Waals surface area contributed by atoms with E-state index >= 15 is 0 Å². The van der Waals surface area contributed by atoms with Gasteiger partial charge in [-0.2, -0.15) is 5.26 Å². The number of hydrogen-bond acceptors (Lipinski definition) is 3. The second kappa shape index (κ2) is 4.16. The molecule has 0 aliphatic carbocycles. The normalized spacial score (nSPS) is 9.21. The van der Waals surface area contributed by atoms with Crippen molar-refractivity contribution in [1.82, 2.24) is 0 Å². The largest absolute Gasteiger partial charge is 0.298 e. The highest BCUT2D eigenvalue weighted by Crippen LogP contribution is 2.21. The SMILES string of the molecule is CC(=O)c1cc(C#N)c(Br)cc1C=O. The first-order chi connectivity index (χ1) is 6.60. The number of carbonyl (C=O) groups excluding carboxylic acids is 2. The number of rotatable bonds is 2. The summed E-state index contributed by atoms with van der Waals surface area (Å²) in [7, 11) is 0. The maximum absolute atomic E-state index is 11.1. The van der Waals surface area contributed by atoms with Gasteiger partial charge in [0.15, 0.2) is 12.1 Å². The van der Waals surface area contributed by atoms with Crippen molar-refractivity contribution in [2.75, 3.05) is 0 Å². The molecule has 0 fully saturated rings. The number of nitriles is 1. The van der Waals surface area contributed by atoms with Crippen molar-refractivity contribution < 1.29 is 9.59 Å². The van der Waals surface area contributed by atoms with Gasteiger partial charge in [0.2, 0.25) is 0 Å². The monoisotopic (exact) mass is 251 g/mol. The maximum atomic E-state index is 11.1. The van der Waals surface area contributed by atoms with E-state index < -0.39 is 0 Å². The van der Waals surface area contributed by atoms with Crippen LogP contribution in [0.1, 0.15) is 33.2 Å². The molecule has 0 heterocycles. The summed E-state index contributed by atoms with van der Waals surface area (Å²) in [5.74, 6) is -0.226. The van der Waals surface area contributed by atoms with Gasteiger partial charge in [-0.25, -0.2) is 0 Å². The zero-order valence-corrected chi connectivity index (χ0v) is 8.96. The Labute approximate surface area is 89.5 Å². The predicted octanol–water partition coefficient (Wildman–Crippen LogP) is 2.34. The highest BCUT2D eigenvalue weighted by atomic mass is 79.9. The minimum atomic E-state index is -0.226. The van der Waals surface area contributed by atoms with E-state index in [9.17, 15) is 9.59 Å². The van der Waals surface area contributed by atoms with Crippen LogP contribution in [0.5, 0.6) is 0 Å². The van der Waals surface area contributed by atoms with Crippen LogP contribution in [0.4, 0.5) is 0 Å². The van der Waals surface area contributed by atoms with Crippen LogP contribution in [0.2, 0.25) is 0 Å². The van der Waals surface area contributed by atoms with Crippen molar-refractivity contribution in [3.8, 4) is 6.07 Å². The van der Waals surface area contributed by atoms with Crippen LogP contribution >= 0.6 is 15.9 Å². The summed E-state index contributed by atoms with van der Waals surface area (Å²) in [5, 5.41) is 8.71. The Balaban J connectivity index is 3.49. The number of hydrogen-bond donors (Lipinski definition) is 0. The molecular weight excluding hydrogens is 246 g/mol. The number of carbonyl (C=O) groups is 2. The lowest BCUT2D eigenvalue weighted by Gasteiger charge is -2.02. The number of benzene rings is 1. The smallest absolute Gasteiger partial charge is 0.160 e. The molecule has 0 amide bonds. The molecule has 0 saturated heterocycles. The summed E-state index contributed by atoms with van der Waals surface area (Å²) in [6, 6.07) is 4.81. The lowest BCUT2D eigenvalue weighted by molar-refractivity contribution is 0.100. The first-order valence-electron chi connectivity index (χ1n) is 3.80. The molecule has 1 aromatic carbocycles. The molecule has 14 heavy (non-hydrogen) atoms. The number of aldehydes is 1. The molecule has 4 heteroatoms. The third-order valence-corrected chi connectivity index (χ3v) is 2.42. The van der Waals surface area contributed by atoms with E-state index in [1.165, 1.54) is 19.1 Å². The van der Waals surface area contributed by atoms with Crippen molar-refractivity contribution >= 4 is 28.0 Å². The summed E-state index contributed by atoms with van der Waals surface area (Å²) in [6.07, 6.45) is 0.600. The van der Waals surface area contributed by atoms with Gasteiger partial charge in [-0.1, -0.05) is 0 Å². The summed E-state index contributed by atoms with van der Waals surface area (Å²) < 4.78 is 0.520. The fraction of sp³-hybridized carbons (Fsp3) is 0.100. The Kier molecular flexibility index (Phi) is 3.15. The predicted molar refractivity (Wildman–Crippen MR) is 54.2 cm³/mol.